The third kappa shape index (κ3) is 4.39. The van der Waals surface area contributed by atoms with Crippen molar-refractivity contribution in [3.63, 3.8) is 0 Å². The third-order valence-electron chi connectivity index (χ3n) is 3.30. The van der Waals surface area contributed by atoms with E-state index >= 15 is 0 Å². The van der Waals surface area contributed by atoms with Crippen molar-refractivity contribution in [2.75, 3.05) is 0 Å². The molecular weight excluding hydrogens is 380 g/mol. The number of nitro groups is 1. The van der Waals surface area contributed by atoms with Crippen molar-refractivity contribution in [2.24, 2.45) is 0 Å². The van der Waals surface area contributed by atoms with Crippen LogP contribution in [0.3, 0.4) is 0 Å². The molecule has 0 unspecified atom stereocenters. The summed E-state index contributed by atoms with van der Waals surface area (Å²) in [6.45, 7) is 0. The molecule has 0 aliphatic heterocycles. The van der Waals surface area contributed by atoms with Crippen LogP contribution in [0.25, 0.3) is 0 Å². The van der Waals surface area contributed by atoms with Gasteiger partial charge in [-0.3, -0.25) is 14.9 Å². The van der Waals surface area contributed by atoms with E-state index in [1.807, 2.05) is 0 Å². The van der Waals surface area contributed by atoms with E-state index in [2.05, 4.69) is 21.2 Å². The van der Waals surface area contributed by atoms with Gasteiger partial charge in [0.2, 0.25) is 0 Å². The fraction of sp³-hybridized carbons (Fsp3) is 0.125. The predicted octanol–water partition coefficient (Wildman–Crippen LogP) is 2.78. The quantitative estimate of drug-likeness (QED) is 0.580. The fourth-order valence-corrected chi connectivity index (χ4v) is 2.53. The Morgan fingerprint density at radius 1 is 1.21 bits per heavy atom. The molecule has 1 amide bonds. The zero-order chi connectivity index (χ0) is 17.7. The molecular formula is C16H13BrN2O5. The highest BCUT2D eigenvalue weighted by Crippen LogP contribution is 2.18. The van der Waals surface area contributed by atoms with Crippen LogP contribution in [0.4, 0.5) is 5.69 Å². The number of carboxylic acids is 1. The topological polar surface area (TPSA) is 110 Å². The summed E-state index contributed by atoms with van der Waals surface area (Å²) in [6.07, 6.45) is 0.0808. The largest absolute Gasteiger partial charge is 0.480 e. The van der Waals surface area contributed by atoms with Crippen molar-refractivity contribution in [3.05, 3.63) is 74.2 Å². The lowest BCUT2D eigenvalue weighted by atomic mass is 10.1. The maximum Gasteiger partial charge on any atom is 0.326 e. The number of amides is 1. The van der Waals surface area contributed by atoms with Crippen LogP contribution in [0.2, 0.25) is 0 Å². The van der Waals surface area contributed by atoms with Crippen molar-refractivity contribution in [1.82, 2.24) is 5.32 Å². The van der Waals surface area contributed by atoms with Gasteiger partial charge in [-0.25, -0.2) is 4.79 Å². The molecule has 0 saturated heterocycles. The number of nitrogens with one attached hydrogen (secondary N) is 1. The van der Waals surface area contributed by atoms with E-state index in [1.54, 1.807) is 24.3 Å². The summed E-state index contributed by atoms with van der Waals surface area (Å²) in [7, 11) is 0. The van der Waals surface area contributed by atoms with Crippen LogP contribution < -0.4 is 5.32 Å². The molecule has 0 fully saturated rings. The minimum Gasteiger partial charge on any atom is -0.480 e. The number of carbonyl (C=O) groups excluding carboxylic acids is 1. The minimum atomic E-state index is -1.19. The number of hydrogen-bond acceptors (Lipinski definition) is 4. The van der Waals surface area contributed by atoms with E-state index in [4.69, 9.17) is 0 Å². The van der Waals surface area contributed by atoms with Gasteiger partial charge in [0, 0.05) is 28.6 Å². The number of benzene rings is 2. The van der Waals surface area contributed by atoms with Crippen LogP contribution >= 0.6 is 15.9 Å². The first-order chi connectivity index (χ1) is 11.4. The van der Waals surface area contributed by atoms with E-state index in [0.29, 0.717) is 0 Å². The molecule has 0 spiro atoms. The Hall–Kier alpha value is -2.74. The summed E-state index contributed by atoms with van der Waals surface area (Å²) in [6, 6.07) is 11.0. The highest BCUT2D eigenvalue weighted by atomic mass is 79.9. The first-order valence-corrected chi connectivity index (χ1v) is 7.69. The second kappa shape index (κ2) is 7.69. The van der Waals surface area contributed by atoms with Gasteiger partial charge < -0.3 is 10.4 Å². The van der Waals surface area contributed by atoms with Gasteiger partial charge in [0.05, 0.1) is 4.92 Å². The zero-order valence-electron chi connectivity index (χ0n) is 12.3. The number of aliphatic carboxylic acids is 1. The molecule has 0 aliphatic rings. The van der Waals surface area contributed by atoms with Gasteiger partial charge in [0.25, 0.3) is 11.6 Å². The van der Waals surface area contributed by atoms with Crippen molar-refractivity contribution in [1.29, 1.82) is 0 Å². The van der Waals surface area contributed by atoms with Gasteiger partial charge in [-0.15, -0.1) is 0 Å². The minimum absolute atomic E-state index is 0.0302. The Morgan fingerprint density at radius 2 is 1.92 bits per heavy atom. The number of nitro benzene ring substituents is 1. The van der Waals surface area contributed by atoms with E-state index in [-0.39, 0.29) is 17.7 Å². The molecule has 2 rings (SSSR count). The highest BCUT2D eigenvalue weighted by molar-refractivity contribution is 9.10. The Labute approximate surface area is 145 Å². The summed E-state index contributed by atoms with van der Waals surface area (Å²) in [5.41, 5.74) is 0.521. The summed E-state index contributed by atoms with van der Waals surface area (Å²) < 4.78 is 0.737. The highest BCUT2D eigenvalue weighted by Gasteiger charge is 2.22. The molecule has 0 radical (unpaired) electrons. The second-order valence-electron chi connectivity index (χ2n) is 4.97. The van der Waals surface area contributed by atoms with Gasteiger partial charge in [-0.2, -0.15) is 0 Å². The van der Waals surface area contributed by atoms with Crippen LogP contribution in [-0.4, -0.2) is 27.9 Å². The molecule has 1 atom stereocenters. The molecule has 2 aromatic rings. The van der Waals surface area contributed by atoms with Crippen molar-refractivity contribution in [2.45, 2.75) is 12.5 Å². The van der Waals surface area contributed by atoms with Crippen molar-refractivity contribution >= 4 is 33.5 Å². The predicted molar refractivity (Wildman–Crippen MR) is 89.8 cm³/mol. The number of nitrogens with zero attached hydrogens (tertiary/aromatic N) is 1. The summed E-state index contributed by atoms with van der Waals surface area (Å²) in [4.78, 5) is 33.8. The summed E-state index contributed by atoms with van der Waals surface area (Å²) >= 11 is 3.33. The van der Waals surface area contributed by atoms with Gasteiger partial charge in [0.1, 0.15) is 6.04 Å². The molecule has 0 aliphatic carbocycles. The SMILES string of the molecule is O=C(N[C@@H](Cc1ccccc1Br)C(=O)O)c1cccc([N+](=O)[O-])c1. The van der Waals surface area contributed by atoms with Crippen LogP contribution in [0.1, 0.15) is 15.9 Å². The van der Waals surface area contributed by atoms with Crippen molar-refractivity contribution < 1.29 is 19.6 Å². The molecule has 2 aromatic carbocycles. The summed E-state index contributed by atoms with van der Waals surface area (Å²) in [5, 5.41) is 22.5. The molecule has 0 aromatic heterocycles. The van der Waals surface area contributed by atoms with Gasteiger partial charge >= 0.3 is 5.97 Å². The van der Waals surface area contributed by atoms with Gasteiger partial charge in [-0.1, -0.05) is 40.2 Å². The average molecular weight is 393 g/mol. The lowest BCUT2D eigenvalue weighted by Gasteiger charge is -2.15. The Kier molecular flexibility index (Phi) is 5.64. The van der Waals surface area contributed by atoms with Crippen LogP contribution in [-0.2, 0) is 11.2 Å². The van der Waals surface area contributed by atoms with E-state index < -0.39 is 22.8 Å². The monoisotopic (exact) mass is 392 g/mol. The maximum atomic E-state index is 12.2. The number of carboxylic acid groups (broad SMARTS) is 1. The van der Waals surface area contributed by atoms with E-state index in [0.717, 1.165) is 16.1 Å². The number of rotatable bonds is 6. The molecule has 7 nitrogen and oxygen atoms in total. The average Bonchev–Trinajstić information content (AvgIpc) is 2.56. The van der Waals surface area contributed by atoms with Crippen LogP contribution in [0.15, 0.2) is 53.0 Å². The first-order valence-electron chi connectivity index (χ1n) is 6.90. The lowest BCUT2D eigenvalue weighted by Crippen LogP contribution is -2.42. The first kappa shape index (κ1) is 17.6. The number of hydrogen-bond donors (Lipinski definition) is 2. The second-order valence-corrected chi connectivity index (χ2v) is 5.82. The number of carbonyl (C=O) groups is 2. The standard InChI is InChI=1S/C16H13BrN2O5/c17-13-7-2-1-4-10(13)9-14(16(21)22)18-15(20)11-5-3-6-12(8-11)19(23)24/h1-8,14H,9H2,(H,18,20)(H,21,22)/t14-/m0/s1. The summed E-state index contributed by atoms with van der Waals surface area (Å²) in [5.74, 6) is -1.87. The molecule has 0 saturated carbocycles. The van der Waals surface area contributed by atoms with Crippen molar-refractivity contribution in [3.8, 4) is 0 Å². The smallest absolute Gasteiger partial charge is 0.326 e. The fourth-order valence-electron chi connectivity index (χ4n) is 2.09. The molecule has 24 heavy (non-hydrogen) atoms. The lowest BCUT2D eigenvalue weighted by molar-refractivity contribution is -0.384. The Morgan fingerprint density at radius 3 is 2.54 bits per heavy atom. The van der Waals surface area contributed by atoms with Gasteiger partial charge in [0.15, 0.2) is 0 Å². The number of non-ortho nitro benzene ring substituents is 1. The molecule has 8 heteroatoms. The van der Waals surface area contributed by atoms with E-state index in [1.165, 1.54) is 18.2 Å². The molecule has 0 heterocycles. The molecule has 0 bridgehead atoms. The van der Waals surface area contributed by atoms with Gasteiger partial charge in [-0.05, 0) is 17.7 Å². The Balaban J connectivity index is 2.17. The third-order valence-corrected chi connectivity index (χ3v) is 4.08. The zero-order valence-corrected chi connectivity index (χ0v) is 13.9. The van der Waals surface area contributed by atoms with Crippen LogP contribution in [0.5, 0.6) is 0 Å². The van der Waals surface area contributed by atoms with Crippen LogP contribution in [0, 0.1) is 10.1 Å². The molecule has 2 N–H and O–H groups in total. The maximum absolute atomic E-state index is 12.2. The molecule has 124 valence electrons. The Bertz CT molecular complexity index is 794. The normalized spacial score (nSPS) is 11.5. The number of halogens is 1. The van der Waals surface area contributed by atoms with E-state index in [9.17, 15) is 24.8 Å².